The SMILES string of the molecule is CC(C)[C@@H]1NC(=O)[C@@H](NC(=O)c2ccc3c(c2)OCO3)CCCCNC(=O)c2coc(n2)[C@@H](Cc2ccccc2)NC1=O. The maximum atomic E-state index is 13.6. The summed E-state index contributed by atoms with van der Waals surface area (Å²) in [6.07, 6.45) is 2.97. The Morgan fingerprint density at radius 1 is 1.00 bits per heavy atom. The molecular weight excluding hydrogens is 554 g/mol. The molecule has 0 fully saturated rings. The van der Waals surface area contributed by atoms with Crippen molar-refractivity contribution < 1.29 is 33.1 Å². The highest BCUT2D eigenvalue weighted by Crippen LogP contribution is 2.32. The third kappa shape index (κ3) is 7.32. The largest absolute Gasteiger partial charge is 0.454 e. The number of hydrogen-bond donors (Lipinski definition) is 4. The molecule has 0 saturated carbocycles. The van der Waals surface area contributed by atoms with Crippen molar-refractivity contribution >= 4 is 23.6 Å². The van der Waals surface area contributed by atoms with Crippen LogP contribution in [0.4, 0.5) is 0 Å². The van der Waals surface area contributed by atoms with E-state index in [1.165, 1.54) is 6.26 Å². The summed E-state index contributed by atoms with van der Waals surface area (Å²) in [7, 11) is 0. The van der Waals surface area contributed by atoms with Crippen molar-refractivity contribution in [2.24, 2.45) is 5.92 Å². The van der Waals surface area contributed by atoms with E-state index in [2.05, 4.69) is 26.3 Å². The molecule has 2 aliphatic rings. The van der Waals surface area contributed by atoms with Crippen LogP contribution in [0.25, 0.3) is 0 Å². The topological polar surface area (TPSA) is 161 Å². The Morgan fingerprint density at radius 2 is 1.79 bits per heavy atom. The van der Waals surface area contributed by atoms with E-state index in [0.717, 1.165) is 5.56 Å². The normalized spacial score (nSPS) is 21.1. The molecule has 3 aromatic rings. The zero-order chi connectivity index (χ0) is 30.3. The van der Waals surface area contributed by atoms with Gasteiger partial charge in [0.1, 0.15) is 24.4 Å². The molecule has 226 valence electrons. The molecule has 3 heterocycles. The Bertz CT molecular complexity index is 1470. The quantitative estimate of drug-likeness (QED) is 0.353. The van der Waals surface area contributed by atoms with Gasteiger partial charge in [0.2, 0.25) is 24.5 Å². The van der Waals surface area contributed by atoms with E-state index in [1.807, 2.05) is 44.2 Å². The summed E-state index contributed by atoms with van der Waals surface area (Å²) < 4.78 is 16.4. The number of nitrogens with zero attached hydrogens (tertiary/aromatic N) is 1. The molecule has 2 aliphatic heterocycles. The maximum Gasteiger partial charge on any atom is 0.273 e. The fourth-order valence-electron chi connectivity index (χ4n) is 4.97. The fourth-order valence-corrected chi connectivity index (χ4v) is 4.97. The molecule has 43 heavy (non-hydrogen) atoms. The van der Waals surface area contributed by atoms with Crippen LogP contribution in [0.5, 0.6) is 11.5 Å². The zero-order valence-electron chi connectivity index (χ0n) is 24.1. The minimum atomic E-state index is -0.928. The number of amides is 4. The fraction of sp³-hybridized carbons (Fsp3) is 0.387. The summed E-state index contributed by atoms with van der Waals surface area (Å²) in [5, 5.41) is 11.4. The number of ether oxygens (including phenoxy) is 2. The smallest absolute Gasteiger partial charge is 0.273 e. The molecule has 0 aliphatic carbocycles. The number of aromatic nitrogens is 1. The van der Waals surface area contributed by atoms with E-state index >= 15 is 0 Å². The molecule has 2 aromatic carbocycles. The van der Waals surface area contributed by atoms with Gasteiger partial charge in [-0.05, 0) is 48.9 Å². The van der Waals surface area contributed by atoms with Gasteiger partial charge < -0.3 is 35.2 Å². The summed E-state index contributed by atoms with van der Waals surface area (Å²) in [6.45, 7) is 4.06. The van der Waals surface area contributed by atoms with Gasteiger partial charge in [-0.15, -0.1) is 0 Å². The Labute approximate surface area is 248 Å². The van der Waals surface area contributed by atoms with Crippen molar-refractivity contribution in [2.45, 2.75) is 57.7 Å². The van der Waals surface area contributed by atoms with E-state index in [-0.39, 0.29) is 30.7 Å². The van der Waals surface area contributed by atoms with Crippen molar-refractivity contribution in [1.29, 1.82) is 0 Å². The molecule has 12 nitrogen and oxygen atoms in total. The number of rotatable bonds is 5. The van der Waals surface area contributed by atoms with Gasteiger partial charge in [0, 0.05) is 18.5 Å². The van der Waals surface area contributed by atoms with E-state index in [9.17, 15) is 19.2 Å². The van der Waals surface area contributed by atoms with Crippen LogP contribution >= 0.6 is 0 Å². The summed E-state index contributed by atoms with van der Waals surface area (Å²) in [5.41, 5.74) is 1.34. The zero-order valence-corrected chi connectivity index (χ0v) is 24.1. The second-order valence-corrected chi connectivity index (χ2v) is 10.9. The molecule has 3 atom stereocenters. The molecule has 0 unspecified atom stereocenters. The third-order valence-electron chi connectivity index (χ3n) is 7.36. The highest BCUT2D eigenvalue weighted by atomic mass is 16.7. The van der Waals surface area contributed by atoms with Gasteiger partial charge in [0.25, 0.3) is 11.8 Å². The van der Waals surface area contributed by atoms with E-state index < -0.39 is 41.8 Å². The summed E-state index contributed by atoms with van der Waals surface area (Å²) in [5.74, 6) is -0.916. The predicted octanol–water partition coefficient (Wildman–Crippen LogP) is 2.66. The number of nitrogens with one attached hydrogen (secondary N) is 4. The van der Waals surface area contributed by atoms with Crippen molar-refractivity contribution in [3.8, 4) is 11.5 Å². The average Bonchev–Trinajstić information content (AvgIpc) is 3.68. The molecule has 4 N–H and O–H groups in total. The molecule has 12 heteroatoms. The minimum Gasteiger partial charge on any atom is -0.454 e. The van der Waals surface area contributed by atoms with Gasteiger partial charge in [0.05, 0.1) is 0 Å². The monoisotopic (exact) mass is 589 g/mol. The molecular formula is C31H35N5O7. The van der Waals surface area contributed by atoms with E-state index in [4.69, 9.17) is 13.9 Å². The van der Waals surface area contributed by atoms with Crippen molar-refractivity contribution in [3.05, 3.63) is 77.5 Å². The number of carbonyl (C=O) groups is 4. The average molecular weight is 590 g/mol. The first-order valence-electron chi connectivity index (χ1n) is 14.4. The molecule has 0 spiro atoms. The Hall–Kier alpha value is -4.87. The van der Waals surface area contributed by atoms with Gasteiger partial charge in [-0.3, -0.25) is 19.2 Å². The van der Waals surface area contributed by atoms with Crippen LogP contribution < -0.4 is 30.7 Å². The number of benzene rings is 2. The second-order valence-electron chi connectivity index (χ2n) is 10.9. The lowest BCUT2D eigenvalue weighted by molar-refractivity contribution is -0.131. The van der Waals surface area contributed by atoms with Crippen molar-refractivity contribution in [3.63, 3.8) is 0 Å². The van der Waals surface area contributed by atoms with Crippen LogP contribution in [0.2, 0.25) is 0 Å². The van der Waals surface area contributed by atoms with Crippen LogP contribution in [0.1, 0.15) is 71.5 Å². The van der Waals surface area contributed by atoms with Crippen molar-refractivity contribution in [1.82, 2.24) is 26.3 Å². The van der Waals surface area contributed by atoms with Gasteiger partial charge in [0.15, 0.2) is 17.2 Å². The lowest BCUT2D eigenvalue weighted by atomic mass is 10.00. The number of fused-ring (bicyclic) bond motifs is 3. The maximum absolute atomic E-state index is 13.6. The van der Waals surface area contributed by atoms with Crippen LogP contribution in [0, 0.1) is 5.92 Å². The first-order chi connectivity index (χ1) is 20.8. The second kappa shape index (κ2) is 13.4. The molecule has 4 amide bonds. The summed E-state index contributed by atoms with van der Waals surface area (Å²) in [6, 6.07) is 11.7. The highest BCUT2D eigenvalue weighted by molar-refractivity contribution is 5.99. The standard InChI is InChI=1S/C31H35N5O7/c1-18(2)26-30(40)34-22(14-19-8-4-3-5-9-19)31-35-23(16-41-31)28(38)32-13-7-6-10-21(29(39)36-26)33-27(37)20-11-12-24-25(15-20)43-17-42-24/h3-5,8-9,11-12,15-16,18,21-22,26H,6-7,10,13-14,17H2,1-2H3,(H,32,38)(H,33,37)(H,34,40)(H,36,39)/t21-,22+,26-/m0/s1. The number of hydrogen-bond acceptors (Lipinski definition) is 8. The van der Waals surface area contributed by atoms with Crippen LogP contribution in [-0.2, 0) is 16.0 Å². The lowest BCUT2D eigenvalue weighted by Gasteiger charge is -2.27. The van der Waals surface area contributed by atoms with Gasteiger partial charge >= 0.3 is 0 Å². The Kier molecular flexibility index (Phi) is 9.23. The van der Waals surface area contributed by atoms with Crippen LogP contribution in [-0.4, -0.2) is 54.0 Å². The van der Waals surface area contributed by atoms with Gasteiger partial charge in [-0.2, -0.15) is 0 Å². The van der Waals surface area contributed by atoms with E-state index in [0.29, 0.717) is 42.9 Å². The first kappa shape index (κ1) is 29.6. The molecule has 2 bridgehead atoms. The Balaban J connectivity index is 1.38. The number of oxazole rings is 1. The molecule has 5 rings (SSSR count). The molecule has 0 saturated heterocycles. The summed E-state index contributed by atoms with van der Waals surface area (Å²) >= 11 is 0. The lowest BCUT2D eigenvalue weighted by Crippen LogP contribution is -2.56. The minimum absolute atomic E-state index is 0.0730. The number of carbonyl (C=O) groups excluding carboxylic acids is 4. The van der Waals surface area contributed by atoms with Crippen LogP contribution in [0.3, 0.4) is 0 Å². The van der Waals surface area contributed by atoms with Gasteiger partial charge in [-0.1, -0.05) is 44.2 Å². The third-order valence-corrected chi connectivity index (χ3v) is 7.36. The predicted molar refractivity (Wildman–Crippen MR) is 154 cm³/mol. The van der Waals surface area contributed by atoms with Gasteiger partial charge in [-0.25, -0.2) is 4.98 Å². The summed E-state index contributed by atoms with van der Waals surface area (Å²) in [4.78, 5) is 57.5. The van der Waals surface area contributed by atoms with Crippen molar-refractivity contribution in [2.75, 3.05) is 13.3 Å². The Morgan fingerprint density at radius 3 is 2.58 bits per heavy atom. The van der Waals surface area contributed by atoms with Crippen LogP contribution in [0.15, 0.2) is 59.2 Å². The molecule has 0 radical (unpaired) electrons. The van der Waals surface area contributed by atoms with E-state index in [1.54, 1.807) is 18.2 Å². The highest BCUT2D eigenvalue weighted by Gasteiger charge is 2.32. The molecule has 1 aromatic heterocycles. The first-order valence-corrected chi connectivity index (χ1v) is 14.4.